The standard InChI is InChI=1S/C10H11O2/c1-11-9-3-2-4-10(7-9)12-8-5-6-8/h2,4,7-8H,5-6H2,1H3. The van der Waals surface area contributed by atoms with Crippen molar-refractivity contribution in [2.45, 2.75) is 18.9 Å². The van der Waals surface area contributed by atoms with Crippen LogP contribution in [0, 0.1) is 6.07 Å². The molecule has 1 aliphatic rings. The van der Waals surface area contributed by atoms with Crippen LogP contribution in [-0.4, -0.2) is 13.2 Å². The summed E-state index contributed by atoms with van der Waals surface area (Å²) in [4.78, 5) is 0. The Labute approximate surface area is 72.1 Å². The number of ether oxygens (including phenoxy) is 2. The summed E-state index contributed by atoms with van der Waals surface area (Å²) >= 11 is 0. The Morgan fingerprint density at radius 3 is 3.00 bits per heavy atom. The average Bonchev–Trinajstić information content (AvgIpc) is 2.89. The molecule has 0 unspecified atom stereocenters. The lowest BCUT2D eigenvalue weighted by Crippen LogP contribution is -1.95. The molecule has 12 heavy (non-hydrogen) atoms. The molecule has 0 spiro atoms. The van der Waals surface area contributed by atoms with E-state index >= 15 is 0 Å². The first-order valence-electron chi connectivity index (χ1n) is 4.11. The molecule has 0 aliphatic heterocycles. The molecule has 1 fully saturated rings. The molecule has 0 atom stereocenters. The highest BCUT2D eigenvalue weighted by atomic mass is 16.5. The monoisotopic (exact) mass is 163 g/mol. The molecule has 0 saturated heterocycles. The number of benzene rings is 1. The summed E-state index contributed by atoms with van der Waals surface area (Å²) in [6.07, 6.45) is 2.80. The Balaban J connectivity index is 2.08. The highest BCUT2D eigenvalue weighted by Crippen LogP contribution is 2.28. The Bertz CT molecular complexity index is 266. The Morgan fingerprint density at radius 1 is 1.50 bits per heavy atom. The van der Waals surface area contributed by atoms with Crippen molar-refractivity contribution in [3.05, 3.63) is 24.3 Å². The normalized spacial score (nSPS) is 15.8. The van der Waals surface area contributed by atoms with Crippen LogP contribution in [0.1, 0.15) is 12.8 Å². The fourth-order valence-corrected chi connectivity index (χ4v) is 0.994. The molecule has 0 bridgehead atoms. The van der Waals surface area contributed by atoms with E-state index in [0.717, 1.165) is 11.5 Å². The van der Waals surface area contributed by atoms with Gasteiger partial charge < -0.3 is 9.47 Å². The van der Waals surface area contributed by atoms with E-state index in [4.69, 9.17) is 9.47 Å². The molecule has 2 heteroatoms. The van der Waals surface area contributed by atoms with E-state index in [2.05, 4.69) is 6.07 Å². The van der Waals surface area contributed by atoms with Gasteiger partial charge >= 0.3 is 0 Å². The van der Waals surface area contributed by atoms with Gasteiger partial charge in [0.05, 0.1) is 13.2 Å². The third kappa shape index (κ3) is 1.70. The molecule has 1 aromatic carbocycles. The largest absolute Gasteiger partial charge is 0.496 e. The van der Waals surface area contributed by atoms with E-state index in [9.17, 15) is 0 Å². The topological polar surface area (TPSA) is 18.5 Å². The van der Waals surface area contributed by atoms with E-state index in [0.29, 0.717) is 6.10 Å². The molecule has 0 N–H and O–H groups in total. The molecule has 2 rings (SSSR count). The zero-order valence-corrected chi connectivity index (χ0v) is 7.04. The molecule has 63 valence electrons. The minimum atomic E-state index is 0.442. The van der Waals surface area contributed by atoms with Gasteiger partial charge in [0.25, 0.3) is 0 Å². The molecule has 1 aromatic rings. The third-order valence-electron chi connectivity index (χ3n) is 1.79. The van der Waals surface area contributed by atoms with E-state index < -0.39 is 0 Å². The highest BCUT2D eigenvalue weighted by Gasteiger charge is 2.23. The number of rotatable bonds is 3. The van der Waals surface area contributed by atoms with E-state index in [1.807, 2.05) is 18.2 Å². The van der Waals surface area contributed by atoms with Gasteiger partial charge in [0.1, 0.15) is 11.5 Å². The smallest absolute Gasteiger partial charge is 0.130 e. The predicted octanol–water partition coefficient (Wildman–Crippen LogP) is 2.04. The number of methoxy groups -OCH3 is 1. The minimum absolute atomic E-state index is 0.442. The van der Waals surface area contributed by atoms with Crippen molar-refractivity contribution >= 4 is 0 Å². The van der Waals surface area contributed by atoms with Crippen molar-refractivity contribution < 1.29 is 9.47 Å². The van der Waals surface area contributed by atoms with Gasteiger partial charge in [0.15, 0.2) is 0 Å². The first-order chi connectivity index (χ1) is 5.88. The molecule has 1 saturated carbocycles. The summed E-state index contributed by atoms with van der Waals surface area (Å²) in [7, 11) is 1.63. The van der Waals surface area contributed by atoms with Crippen LogP contribution >= 0.6 is 0 Å². The van der Waals surface area contributed by atoms with Crippen LogP contribution in [-0.2, 0) is 0 Å². The van der Waals surface area contributed by atoms with Crippen LogP contribution < -0.4 is 9.47 Å². The lowest BCUT2D eigenvalue weighted by atomic mass is 10.3. The van der Waals surface area contributed by atoms with Crippen LogP contribution in [0.25, 0.3) is 0 Å². The van der Waals surface area contributed by atoms with E-state index in [1.165, 1.54) is 12.8 Å². The van der Waals surface area contributed by atoms with Crippen molar-refractivity contribution in [3.63, 3.8) is 0 Å². The summed E-state index contributed by atoms with van der Waals surface area (Å²) in [5.74, 6) is 1.61. The van der Waals surface area contributed by atoms with Gasteiger partial charge in [-0.3, -0.25) is 0 Å². The van der Waals surface area contributed by atoms with Crippen molar-refractivity contribution in [2.24, 2.45) is 0 Å². The predicted molar refractivity (Wildman–Crippen MR) is 45.5 cm³/mol. The molecule has 2 nitrogen and oxygen atoms in total. The molecular formula is C10H11O2. The van der Waals surface area contributed by atoms with Crippen molar-refractivity contribution in [1.82, 2.24) is 0 Å². The SMILES string of the molecule is COc1[c]ccc(OC2CC2)c1. The van der Waals surface area contributed by atoms with Crippen LogP contribution in [0.5, 0.6) is 11.5 Å². The Hall–Kier alpha value is -1.18. The first-order valence-corrected chi connectivity index (χ1v) is 4.11. The quantitative estimate of drug-likeness (QED) is 0.678. The average molecular weight is 163 g/mol. The minimum Gasteiger partial charge on any atom is -0.496 e. The zero-order valence-electron chi connectivity index (χ0n) is 7.04. The second-order valence-corrected chi connectivity index (χ2v) is 2.91. The van der Waals surface area contributed by atoms with Crippen molar-refractivity contribution in [1.29, 1.82) is 0 Å². The fourth-order valence-electron chi connectivity index (χ4n) is 0.994. The molecule has 0 amide bonds. The highest BCUT2D eigenvalue weighted by molar-refractivity contribution is 5.32. The summed E-state index contributed by atoms with van der Waals surface area (Å²) < 4.78 is 10.6. The van der Waals surface area contributed by atoms with Gasteiger partial charge in [0, 0.05) is 12.1 Å². The molecular weight excluding hydrogens is 152 g/mol. The van der Waals surface area contributed by atoms with Gasteiger partial charge in [-0.2, -0.15) is 0 Å². The van der Waals surface area contributed by atoms with E-state index in [1.54, 1.807) is 7.11 Å². The van der Waals surface area contributed by atoms with Gasteiger partial charge in [-0.05, 0) is 25.0 Å². The first kappa shape index (κ1) is 7.47. The maximum absolute atomic E-state index is 5.57. The van der Waals surface area contributed by atoms with Crippen LogP contribution in [0.2, 0.25) is 0 Å². The maximum Gasteiger partial charge on any atom is 0.130 e. The van der Waals surface area contributed by atoms with Crippen LogP contribution in [0.4, 0.5) is 0 Å². The second-order valence-electron chi connectivity index (χ2n) is 2.91. The Morgan fingerprint density at radius 2 is 2.33 bits per heavy atom. The summed E-state index contributed by atoms with van der Waals surface area (Å²) in [6, 6.07) is 8.53. The van der Waals surface area contributed by atoms with Gasteiger partial charge in [-0.1, -0.05) is 0 Å². The molecule has 1 aliphatic carbocycles. The Kier molecular flexibility index (Phi) is 1.90. The summed E-state index contributed by atoms with van der Waals surface area (Å²) in [5, 5.41) is 0. The molecule has 1 radical (unpaired) electrons. The molecule has 0 heterocycles. The lowest BCUT2D eigenvalue weighted by Gasteiger charge is -2.04. The second kappa shape index (κ2) is 3.05. The van der Waals surface area contributed by atoms with Gasteiger partial charge in [-0.25, -0.2) is 0 Å². The summed E-state index contributed by atoms with van der Waals surface area (Å²) in [5.41, 5.74) is 0. The zero-order chi connectivity index (χ0) is 8.39. The van der Waals surface area contributed by atoms with Crippen molar-refractivity contribution in [3.8, 4) is 11.5 Å². The molecule has 0 aromatic heterocycles. The van der Waals surface area contributed by atoms with E-state index in [-0.39, 0.29) is 0 Å². The third-order valence-corrected chi connectivity index (χ3v) is 1.79. The maximum atomic E-state index is 5.57. The fraction of sp³-hybridized carbons (Fsp3) is 0.400. The number of hydrogen-bond acceptors (Lipinski definition) is 2. The van der Waals surface area contributed by atoms with Gasteiger partial charge in [0.2, 0.25) is 0 Å². The lowest BCUT2D eigenvalue weighted by molar-refractivity contribution is 0.300. The van der Waals surface area contributed by atoms with Crippen LogP contribution in [0.3, 0.4) is 0 Å². The number of hydrogen-bond donors (Lipinski definition) is 0. The summed E-state index contributed by atoms with van der Waals surface area (Å²) in [6.45, 7) is 0. The van der Waals surface area contributed by atoms with Crippen molar-refractivity contribution in [2.75, 3.05) is 7.11 Å². The van der Waals surface area contributed by atoms with Gasteiger partial charge in [-0.15, -0.1) is 0 Å². The van der Waals surface area contributed by atoms with Crippen LogP contribution in [0.15, 0.2) is 18.2 Å².